The highest BCUT2D eigenvalue weighted by molar-refractivity contribution is 9.10. The van der Waals surface area contributed by atoms with Crippen LogP contribution in [-0.2, 0) is 11.2 Å². The highest BCUT2D eigenvalue weighted by Gasteiger charge is 2.44. The van der Waals surface area contributed by atoms with Crippen molar-refractivity contribution >= 4 is 27.6 Å². The Morgan fingerprint density at radius 1 is 1.13 bits per heavy atom. The van der Waals surface area contributed by atoms with Gasteiger partial charge in [0.15, 0.2) is 5.78 Å². The van der Waals surface area contributed by atoms with Crippen molar-refractivity contribution < 1.29 is 23.8 Å². The number of fused-ring (bicyclic) bond motifs is 1. The van der Waals surface area contributed by atoms with E-state index < -0.39 is 5.60 Å². The van der Waals surface area contributed by atoms with Gasteiger partial charge in [0, 0.05) is 42.5 Å². The molecule has 0 bridgehead atoms. The van der Waals surface area contributed by atoms with Gasteiger partial charge in [-0.2, -0.15) is 0 Å². The molecule has 1 saturated heterocycles. The minimum absolute atomic E-state index is 0.00499. The van der Waals surface area contributed by atoms with Crippen molar-refractivity contribution in [2.24, 2.45) is 0 Å². The van der Waals surface area contributed by atoms with Crippen LogP contribution in [0.15, 0.2) is 40.9 Å². The lowest BCUT2D eigenvalue weighted by Gasteiger charge is -2.44. The van der Waals surface area contributed by atoms with Crippen LogP contribution in [0.3, 0.4) is 0 Å². The van der Waals surface area contributed by atoms with Gasteiger partial charge in [-0.1, -0.05) is 28.1 Å². The zero-order valence-electron chi connectivity index (χ0n) is 17.1. The molecule has 0 aromatic heterocycles. The maximum atomic E-state index is 12.9. The Morgan fingerprint density at radius 3 is 2.47 bits per heavy atom. The number of carbonyl (C=O) groups is 2. The van der Waals surface area contributed by atoms with Gasteiger partial charge in [0.2, 0.25) is 5.91 Å². The SMILES string of the molecule is COc1cc(OC)c2c(c1)OC1(CCN(C(=O)Cc3ccc(Br)cc3)CC1)CC2=O. The molecule has 6 nitrogen and oxygen atoms in total. The van der Waals surface area contributed by atoms with Crippen LogP contribution >= 0.6 is 15.9 Å². The minimum atomic E-state index is -0.587. The monoisotopic (exact) mass is 473 g/mol. The number of Topliss-reactive ketones (excluding diaryl/α,β-unsaturated/α-hetero) is 1. The summed E-state index contributed by atoms with van der Waals surface area (Å²) >= 11 is 3.41. The van der Waals surface area contributed by atoms with E-state index in [9.17, 15) is 9.59 Å². The summed E-state index contributed by atoms with van der Waals surface area (Å²) < 4.78 is 18.0. The first-order valence-electron chi connectivity index (χ1n) is 9.93. The fraction of sp³-hybridized carbons (Fsp3) is 0.391. The molecule has 0 atom stereocenters. The number of nitrogens with zero attached hydrogens (tertiary/aromatic N) is 1. The van der Waals surface area contributed by atoms with E-state index in [4.69, 9.17) is 14.2 Å². The van der Waals surface area contributed by atoms with Crippen LogP contribution in [0, 0.1) is 0 Å². The van der Waals surface area contributed by atoms with Gasteiger partial charge in [-0.15, -0.1) is 0 Å². The second kappa shape index (κ2) is 8.30. The third-order valence-electron chi connectivity index (χ3n) is 5.88. The van der Waals surface area contributed by atoms with Crippen LogP contribution in [-0.4, -0.2) is 49.5 Å². The molecule has 2 heterocycles. The second-order valence-corrected chi connectivity index (χ2v) is 8.69. The van der Waals surface area contributed by atoms with Crippen molar-refractivity contribution in [2.75, 3.05) is 27.3 Å². The van der Waals surface area contributed by atoms with Crippen molar-refractivity contribution in [2.45, 2.75) is 31.3 Å². The molecule has 2 aliphatic rings. The number of methoxy groups -OCH3 is 2. The van der Waals surface area contributed by atoms with E-state index in [0.717, 1.165) is 10.0 Å². The highest BCUT2D eigenvalue weighted by atomic mass is 79.9. The summed E-state index contributed by atoms with van der Waals surface area (Å²) in [6.07, 6.45) is 1.89. The Balaban J connectivity index is 1.46. The Kier molecular flexibility index (Phi) is 5.73. The number of benzene rings is 2. The first-order valence-corrected chi connectivity index (χ1v) is 10.7. The molecule has 0 radical (unpaired) electrons. The normalized spacial score (nSPS) is 17.3. The maximum absolute atomic E-state index is 12.9. The summed E-state index contributed by atoms with van der Waals surface area (Å²) in [6, 6.07) is 11.2. The highest BCUT2D eigenvalue weighted by Crippen LogP contribution is 2.44. The van der Waals surface area contributed by atoms with Gasteiger partial charge in [-0.3, -0.25) is 9.59 Å². The predicted octanol–water partition coefficient (Wildman–Crippen LogP) is 4.04. The van der Waals surface area contributed by atoms with Gasteiger partial charge in [-0.25, -0.2) is 0 Å². The zero-order chi connectivity index (χ0) is 21.3. The van der Waals surface area contributed by atoms with Crippen LogP contribution in [0.25, 0.3) is 0 Å². The number of piperidine rings is 1. The molecule has 2 aromatic rings. The predicted molar refractivity (Wildman–Crippen MR) is 116 cm³/mol. The minimum Gasteiger partial charge on any atom is -0.496 e. The van der Waals surface area contributed by atoms with Crippen LogP contribution < -0.4 is 14.2 Å². The Hall–Kier alpha value is -2.54. The molecule has 30 heavy (non-hydrogen) atoms. The largest absolute Gasteiger partial charge is 0.496 e. The third kappa shape index (κ3) is 4.03. The number of amides is 1. The number of hydrogen-bond donors (Lipinski definition) is 0. The number of halogens is 1. The Morgan fingerprint density at radius 2 is 1.83 bits per heavy atom. The molecule has 0 unspecified atom stereocenters. The summed E-state index contributed by atoms with van der Waals surface area (Å²) in [7, 11) is 3.10. The van der Waals surface area contributed by atoms with E-state index in [0.29, 0.717) is 55.2 Å². The molecule has 0 saturated carbocycles. The van der Waals surface area contributed by atoms with Crippen molar-refractivity contribution in [1.29, 1.82) is 0 Å². The van der Waals surface area contributed by atoms with Crippen molar-refractivity contribution in [3.8, 4) is 17.2 Å². The molecule has 1 fully saturated rings. The molecule has 2 aromatic carbocycles. The van der Waals surface area contributed by atoms with Gasteiger partial charge in [0.1, 0.15) is 28.4 Å². The third-order valence-corrected chi connectivity index (χ3v) is 6.41. The average molecular weight is 474 g/mol. The lowest BCUT2D eigenvalue weighted by atomic mass is 9.82. The molecule has 4 rings (SSSR count). The summed E-state index contributed by atoms with van der Waals surface area (Å²) in [5, 5.41) is 0. The lowest BCUT2D eigenvalue weighted by molar-refractivity contribution is -0.134. The molecule has 2 aliphatic heterocycles. The summed E-state index contributed by atoms with van der Waals surface area (Å²) in [5.41, 5.74) is 0.869. The average Bonchev–Trinajstić information content (AvgIpc) is 2.74. The van der Waals surface area contributed by atoms with Crippen molar-refractivity contribution in [1.82, 2.24) is 4.90 Å². The Labute approximate surface area is 184 Å². The van der Waals surface area contributed by atoms with Crippen molar-refractivity contribution in [3.05, 3.63) is 52.0 Å². The van der Waals surface area contributed by atoms with E-state index in [1.54, 1.807) is 19.2 Å². The molecule has 0 aliphatic carbocycles. The van der Waals surface area contributed by atoms with E-state index in [1.807, 2.05) is 29.2 Å². The van der Waals surface area contributed by atoms with Crippen LogP contribution in [0.4, 0.5) is 0 Å². The number of carbonyl (C=O) groups excluding carboxylic acids is 2. The van der Waals surface area contributed by atoms with E-state index in [1.165, 1.54) is 7.11 Å². The van der Waals surface area contributed by atoms with Crippen LogP contribution in [0.1, 0.15) is 35.2 Å². The number of ether oxygens (including phenoxy) is 3. The number of likely N-dealkylation sites (tertiary alicyclic amines) is 1. The molecule has 1 spiro atoms. The fourth-order valence-electron chi connectivity index (χ4n) is 4.18. The maximum Gasteiger partial charge on any atom is 0.226 e. The molecule has 1 amide bonds. The summed E-state index contributed by atoms with van der Waals surface area (Å²) in [5.74, 6) is 1.64. The summed E-state index contributed by atoms with van der Waals surface area (Å²) in [6.45, 7) is 1.14. The topological polar surface area (TPSA) is 65.1 Å². The van der Waals surface area contributed by atoms with Crippen molar-refractivity contribution in [3.63, 3.8) is 0 Å². The standard InChI is InChI=1S/C23H24BrNO5/c1-28-17-12-19(29-2)22-18(26)14-23(30-20(22)13-17)7-9-25(10-8-23)21(27)11-15-3-5-16(24)6-4-15/h3-6,12-13H,7-11,14H2,1-2H3. The van der Waals surface area contributed by atoms with Gasteiger partial charge >= 0.3 is 0 Å². The van der Waals surface area contributed by atoms with Gasteiger partial charge in [0.05, 0.1) is 27.1 Å². The molecular weight excluding hydrogens is 450 g/mol. The first kappa shape index (κ1) is 20.7. The Bertz CT molecular complexity index is 964. The molecule has 158 valence electrons. The molecule has 0 N–H and O–H groups in total. The quantitative estimate of drug-likeness (QED) is 0.670. The summed E-state index contributed by atoms with van der Waals surface area (Å²) in [4.78, 5) is 27.5. The first-order chi connectivity index (χ1) is 14.4. The number of rotatable bonds is 4. The molecule has 7 heteroatoms. The second-order valence-electron chi connectivity index (χ2n) is 7.77. The number of hydrogen-bond acceptors (Lipinski definition) is 5. The van der Waals surface area contributed by atoms with Gasteiger partial charge in [0.25, 0.3) is 0 Å². The van der Waals surface area contributed by atoms with Gasteiger partial charge < -0.3 is 19.1 Å². The lowest BCUT2D eigenvalue weighted by Crippen LogP contribution is -2.52. The number of ketones is 1. The van der Waals surface area contributed by atoms with E-state index >= 15 is 0 Å². The van der Waals surface area contributed by atoms with E-state index in [-0.39, 0.29) is 18.1 Å². The fourth-order valence-corrected chi connectivity index (χ4v) is 4.45. The molecular formula is C23H24BrNO5. The van der Waals surface area contributed by atoms with Gasteiger partial charge in [-0.05, 0) is 17.7 Å². The van der Waals surface area contributed by atoms with Crippen LogP contribution in [0.5, 0.6) is 17.2 Å². The van der Waals surface area contributed by atoms with E-state index in [2.05, 4.69) is 15.9 Å². The zero-order valence-corrected chi connectivity index (χ0v) is 18.7. The van der Waals surface area contributed by atoms with Crippen LogP contribution in [0.2, 0.25) is 0 Å². The smallest absolute Gasteiger partial charge is 0.226 e.